The van der Waals surface area contributed by atoms with Gasteiger partial charge in [-0.05, 0) is 31.6 Å². The summed E-state index contributed by atoms with van der Waals surface area (Å²) < 4.78 is 5.26. The molecule has 0 aliphatic carbocycles. The van der Waals surface area contributed by atoms with E-state index in [2.05, 4.69) is 18.8 Å². The molecule has 0 bridgehead atoms. The number of hydrogen-bond acceptors (Lipinski definition) is 3. The maximum Gasteiger partial charge on any atom is 0.405 e. The van der Waals surface area contributed by atoms with Crippen LogP contribution in [0.4, 0.5) is 4.79 Å². The third-order valence-corrected chi connectivity index (χ3v) is 3.53. The highest BCUT2D eigenvalue weighted by Crippen LogP contribution is 2.26. The molecule has 1 heterocycles. The molecule has 1 aliphatic heterocycles. The molecule has 1 fully saturated rings. The molecule has 5 heteroatoms. The lowest BCUT2D eigenvalue weighted by Crippen LogP contribution is -2.43. The lowest BCUT2D eigenvalue weighted by atomic mass is 9.92. The van der Waals surface area contributed by atoms with Crippen molar-refractivity contribution in [3.8, 4) is 0 Å². The van der Waals surface area contributed by atoms with Crippen LogP contribution in [0.25, 0.3) is 0 Å². The third-order valence-electron chi connectivity index (χ3n) is 3.53. The monoisotopic (exact) mass is 269 g/mol. The van der Waals surface area contributed by atoms with Crippen LogP contribution in [-0.2, 0) is 9.53 Å². The van der Waals surface area contributed by atoms with Crippen LogP contribution in [0.15, 0.2) is 12.7 Å². The average molecular weight is 269 g/mol. The van der Waals surface area contributed by atoms with Crippen LogP contribution in [0.5, 0.6) is 0 Å². The molecule has 1 aliphatic rings. The molecule has 1 rings (SSSR count). The first-order chi connectivity index (χ1) is 8.93. The van der Waals surface area contributed by atoms with E-state index in [-0.39, 0.29) is 24.0 Å². The molecule has 1 saturated heterocycles. The number of allylic oxidation sites excluding steroid dienone is 1. The summed E-state index contributed by atoms with van der Waals surface area (Å²) in [4.78, 5) is 22.3. The van der Waals surface area contributed by atoms with E-state index in [1.807, 2.05) is 6.08 Å². The van der Waals surface area contributed by atoms with Gasteiger partial charge < -0.3 is 15.2 Å². The molecule has 0 aromatic heterocycles. The smallest absolute Gasteiger partial charge is 0.405 e. The fourth-order valence-corrected chi connectivity index (χ4v) is 2.42. The van der Waals surface area contributed by atoms with Gasteiger partial charge in [-0.2, -0.15) is 0 Å². The van der Waals surface area contributed by atoms with Gasteiger partial charge in [0.25, 0.3) is 0 Å². The summed E-state index contributed by atoms with van der Waals surface area (Å²) in [7, 11) is 0. The van der Waals surface area contributed by atoms with Crippen molar-refractivity contribution < 1.29 is 19.4 Å². The fourth-order valence-electron chi connectivity index (χ4n) is 2.42. The van der Waals surface area contributed by atoms with Gasteiger partial charge in [0.05, 0.1) is 12.0 Å². The van der Waals surface area contributed by atoms with Crippen LogP contribution in [0.2, 0.25) is 0 Å². The Balaban J connectivity index is 2.59. The first-order valence-electron chi connectivity index (χ1n) is 6.74. The average Bonchev–Trinajstić information content (AvgIpc) is 2.65. The van der Waals surface area contributed by atoms with Crippen LogP contribution in [-0.4, -0.2) is 29.3 Å². The molecule has 0 aromatic rings. The minimum absolute atomic E-state index is 0.147. The molecule has 5 nitrogen and oxygen atoms in total. The lowest BCUT2D eigenvalue weighted by molar-refractivity contribution is -0.144. The largest absolute Gasteiger partial charge is 0.465 e. The number of cyclic esters (lactones) is 1. The van der Waals surface area contributed by atoms with Crippen LogP contribution in [0, 0.1) is 11.8 Å². The Morgan fingerprint density at radius 3 is 2.84 bits per heavy atom. The number of ether oxygens (including phenoxy) is 1. The van der Waals surface area contributed by atoms with E-state index < -0.39 is 6.09 Å². The minimum Gasteiger partial charge on any atom is -0.465 e. The lowest BCUT2D eigenvalue weighted by Gasteiger charge is -2.25. The summed E-state index contributed by atoms with van der Waals surface area (Å²) in [6.45, 7) is 7.55. The molecule has 0 unspecified atom stereocenters. The number of carboxylic acid groups (broad SMARTS) is 1. The van der Waals surface area contributed by atoms with E-state index in [9.17, 15) is 9.59 Å². The molecular formula is C14H23NO4. The molecule has 4 atom stereocenters. The highest BCUT2D eigenvalue weighted by atomic mass is 16.6. The van der Waals surface area contributed by atoms with Crippen LogP contribution in [0.1, 0.15) is 39.5 Å². The summed E-state index contributed by atoms with van der Waals surface area (Å²) in [6.07, 6.45) is 3.55. The van der Waals surface area contributed by atoms with Gasteiger partial charge in [-0.1, -0.05) is 19.9 Å². The van der Waals surface area contributed by atoms with Gasteiger partial charge >= 0.3 is 12.1 Å². The summed E-state index contributed by atoms with van der Waals surface area (Å²) in [5, 5.41) is 11.4. The number of carbonyl (C=O) groups is 2. The van der Waals surface area contributed by atoms with E-state index in [4.69, 9.17) is 9.84 Å². The van der Waals surface area contributed by atoms with Crippen LogP contribution < -0.4 is 5.32 Å². The van der Waals surface area contributed by atoms with Crippen molar-refractivity contribution in [3.63, 3.8) is 0 Å². The van der Waals surface area contributed by atoms with E-state index in [0.29, 0.717) is 18.8 Å². The Labute approximate surface area is 114 Å². The number of rotatable bonds is 7. The molecule has 108 valence electrons. The second-order valence-electron chi connectivity index (χ2n) is 5.37. The van der Waals surface area contributed by atoms with E-state index in [1.165, 1.54) is 0 Å². The van der Waals surface area contributed by atoms with E-state index >= 15 is 0 Å². The number of esters is 1. The zero-order valence-electron chi connectivity index (χ0n) is 11.6. The molecular weight excluding hydrogens is 246 g/mol. The predicted molar refractivity (Wildman–Crippen MR) is 71.8 cm³/mol. The Kier molecular flexibility index (Phi) is 5.86. The Morgan fingerprint density at radius 1 is 1.68 bits per heavy atom. The van der Waals surface area contributed by atoms with Gasteiger partial charge in [-0.25, -0.2) is 4.79 Å². The zero-order valence-corrected chi connectivity index (χ0v) is 11.6. The second-order valence-corrected chi connectivity index (χ2v) is 5.37. The first kappa shape index (κ1) is 15.5. The van der Waals surface area contributed by atoms with Gasteiger partial charge in [0.1, 0.15) is 6.10 Å². The van der Waals surface area contributed by atoms with Crippen molar-refractivity contribution in [1.29, 1.82) is 0 Å². The molecule has 0 aromatic carbocycles. The van der Waals surface area contributed by atoms with Crippen molar-refractivity contribution in [2.24, 2.45) is 11.8 Å². The fraction of sp³-hybridized carbons (Fsp3) is 0.714. The van der Waals surface area contributed by atoms with Crippen molar-refractivity contribution in [1.82, 2.24) is 5.32 Å². The van der Waals surface area contributed by atoms with Gasteiger partial charge in [0, 0.05) is 0 Å². The van der Waals surface area contributed by atoms with Crippen molar-refractivity contribution in [2.45, 2.75) is 51.7 Å². The Hall–Kier alpha value is -1.52. The van der Waals surface area contributed by atoms with E-state index in [0.717, 1.165) is 12.8 Å². The molecule has 0 radical (unpaired) electrons. The summed E-state index contributed by atoms with van der Waals surface area (Å²) >= 11 is 0. The maximum absolute atomic E-state index is 11.4. The molecule has 0 saturated carbocycles. The highest BCUT2D eigenvalue weighted by molar-refractivity contribution is 5.74. The minimum atomic E-state index is -1.07. The number of nitrogens with one attached hydrogen (secondary N) is 1. The van der Waals surface area contributed by atoms with Crippen molar-refractivity contribution in [3.05, 3.63) is 12.7 Å². The second kappa shape index (κ2) is 7.16. The Bertz CT molecular complexity index is 342. The van der Waals surface area contributed by atoms with Crippen LogP contribution >= 0.6 is 0 Å². The summed E-state index contributed by atoms with van der Waals surface area (Å²) in [6, 6.07) is -0.328. The molecule has 1 amide bonds. The normalized spacial score (nSPS) is 25.5. The van der Waals surface area contributed by atoms with Gasteiger partial charge in [-0.3, -0.25) is 4.79 Å². The third kappa shape index (κ3) is 4.93. The standard InChI is InChI=1S/C14H23NO4/c1-4-5-6-9(2)7-11(15-14(17)18)12-8-10(3)13(16)19-12/h4,9-12,15H,1,5-8H2,2-3H3,(H,17,18)/t9-,10-,11+,12+/m1/s1. The van der Waals surface area contributed by atoms with Gasteiger partial charge in [0.2, 0.25) is 0 Å². The number of amides is 1. The number of carbonyl (C=O) groups excluding carboxylic acids is 1. The quantitative estimate of drug-likeness (QED) is 0.550. The maximum atomic E-state index is 11.4. The first-order valence-corrected chi connectivity index (χ1v) is 6.74. The zero-order chi connectivity index (χ0) is 14.4. The van der Waals surface area contributed by atoms with Gasteiger partial charge in [-0.15, -0.1) is 6.58 Å². The molecule has 0 spiro atoms. The summed E-state index contributed by atoms with van der Waals surface area (Å²) in [5.41, 5.74) is 0. The topological polar surface area (TPSA) is 75.6 Å². The highest BCUT2D eigenvalue weighted by Gasteiger charge is 2.37. The van der Waals surface area contributed by atoms with Crippen molar-refractivity contribution in [2.75, 3.05) is 0 Å². The SMILES string of the molecule is C=CCC[C@@H](C)C[C@H](NC(=O)O)[C@@H]1C[C@@H](C)C(=O)O1. The van der Waals surface area contributed by atoms with Crippen molar-refractivity contribution >= 4 is 12.1 Å². The van der Waals surface area contributed by atoms with Crippen LogP contribution in [0.3, 0.4) is 0 Å². The number of hydrogen-bond donors (Lipinski definition) is 2. The Morgan fingerprint density at radius 2 is 2.37 bits per heavy atom. The predicted octanol–water partition coefficient (Wildman–Crippen LogP) is 2.57. The molecule has 2 N–H and O–H groups in total. The van der Waals surface area contributed by atoms with E-state index in [1.54, 1.807) is 6.92 Å². The summed E-state index contributed by atoms with van der Waals surface area (Å²) in [5.74, 6) is -0.0306. The molecule has 19 heavy (non-hydrogen) atoms. The van der Waals surface area contributed by atoms with Gasteiger partial charge in [0.15, 0.2) is 0 Å².